The lowest BCUT2D eigenvalue weighted by molar-refractivity contribution is 0.0697. The van der Waals surface area contributed by atoms with E-state index in [4.69, 9.17) is 10.2 Å². The number of benzene rings is 2. The molecule has 0 aliphatic carbocycles. The van der Waals surface area contributed by atoms with Crippen molar-refractivity contribution >= 4 is 18.4 Å². The predicted molar refractivity (Wildman–Crippen MR) is 76.7 cm³/mol. The Kier molecular flexibility index (Phi) is 4.40. The predicted octanol–water partition coefficient (Wildman–Crippen LogP) is 2.68. The first-order chi connectivity index (χ1) is 10.1. The molecular formula is C15H11FN2O3. The Balaban J connectivity index is 2.04. The molecule has 0 saturated carbocycles. The first kappa shape index (κ1) is 14.4. The SMILES string of the molecule is O=C(O)c1ccc(/C=N/N=C/c2ccc(O)cc2F)cc1. The van der Waals surface area contributed by atoms with Gasteiger partial charge in [0.1, 0.15) is 11.6 Å². The van der Waals surface area contributed by atoms with E-state index in [2.05, 4.69) is 10.2 Å². The molecule has 106 valence electrons. The van der Waals surface area contributed by atoms with Crippen molar-refractivity contribution in [2.75, 3.05) is 0 Å². The molecule has 0 fully saturated rings. The fourth-order valence-electron chi connectivity index (χ4n) is 1.53. The Bertz CT molecular complexity index is 709. The molecule has 0 radical (unpaired) electrons. The molecule has 0 aliphatic heterocycles. The molecule has 2 rings (SSSR count). The molecule has 2 aromatic carbocycles. The highest BCUT2D eigenvalue weighted by molar-refractivity contribution is 5.89. The van der Waals surface area contributed by atoms with E-state index in [9.17, 15) is 9.18 Å². The molecule has 0 heterocycles. The average molecular weight is 286 g/mol. The van der Waals surface area contributed by atoms with E-state index in [1.54, 1.807) is 12.1 Å². The molecule has 0 unspecified atom stereocenters. The van der Waals surface area contributed by atoms with Gasteiger partial charge < -0.3 is 10.2 Å². The van der Waals surface area contributed by atoms with Gasteiger partial charge in [-0.2, -0.15) is 10.2 Å². The van der Waals surface area contributed by atoms with E-state index >= 15 is 0 Å². The third-order valence-corrected chi connectivity index (χ3v) is 2.61. The van der Waals surface area contributed by atoms with Crippen molar-refractivity contribution in [1.29, 1.82) is 0 Å². The third-order valence-electron chi connectivity index (χ3n) is 2.61. The average Bonchev–Trinajstić information content (AvgIpc) is 2.46. The van der Waals surface area contributed by atoms with Gasteiger partial charge in [0.25, 0.3) is 0 Å². The summed E-state index contributed by atoms with van der Waals surface area (Å²) in [5.74, 6) is -1.76. The summed E-state index contributed by atoms with van der Waals surface area (Å²) in [6, 6.07) is 9.78. The topological polar surface area (TPSA) is 82.2 Å². The van der Waals surface area contributed by atoms with E-state index < -0.39 is 11.8 Å². The number of carboxylic acids is 1. The number of carbonyl (C=O) groups is 1. The lowest BCUT2D eigenvalue weighted by Gasteiger charge is -1.96. The number of aromatic carboxylic acids is 1. The molecule has 0 aromatic heterocycles. The second-order valence-corrected chi connectivity index (χ2v) is 4.12. The second kappa shape index (κ2) is 6.42. The summed E-state index contributed by atoms with van der Waals surface area (Å²) in [5.41, 5.74) is 1.05. The van der Waals surface area contributed by atoms with Crippen molar-refractivity contribution in [1.82, 2.24) is 0 Å². The van der Waals surface area contributed by atoms with E-state index in [0.717, 1.165) is 6.07 Å². The van der Waals surface area contributed by atoms with Crippen LogP contribution in [-0.2, 0) is 0 Å². The van der Waals surface area contributed by atoms with Gasteiger partial charge in [-0.05, 0) is 29.8 Å². The van der Waals surface area contributed by atoms with Gasteiger partial charge in [0.05, 0.1) is 18.0 Å². The number of nitrogens with zero attached hydrogens (tertiary/aromatic N) is 2. The van der Waals surface area contributed by atoms with Gasteiger partial charge in [0.15, 0.2) is 0 Å². The maximum atomic E-state index is 13.4. The van der Waals surface area contributed by atoms with E-state index in [-0.39, 0.29) is 16.9 Å². The molecule has 2 aromatic rings. The zero-order valence-electron chi connectivity index (χ0n) is 10.8. The number of phenols is 1. The zero-order chi connectivity index (χ0) is 15.2. The van der Waals surface area contributed by atoms with Crippen molar-refractivity contribution in [2.45, 2.75) is 0 Å². The molecule has 2 N–H and O–H groups in total. The minimum atomic E-state index is -1.00. The van der Waals surface area contributed by atoms with Crippen LogP contribution in [0.2, 0.25) is 0 Å². The van der Waals surface area contributed by atoms with Crippen molar-refractivity contribution in [3.63, 3.8) is 0 Å². The fourth-order valence-corrected chi connectivity index (χ4v) is 1.53. The van der Waals surface area contributed by atoms with Crippen molar-refractivity contribution < 1.29 is 19.4 Å². The zero-order valence-corrected chi connectivity index (χ0v) is 10.8. The van der Waals surface area contributed by atoms with Crippen LogP contribution in [0, 0.1) is 5.82 Å². The molecule has 0 amide bonds. The van der Waals surface area contributed by atoms with Gasteiger partial charge >= 0.3 is 5.97 Å². The smallest absolute Gasteiger partial charge is 0.335 e. The number of carboxylic acid groups (broad SMARTS) is 1. The normalized spacial score (nSPS) is 11.3. The minimum Gasteiger partial charge on any atom is -0.508 e. The monoisotopic (exact) mass is 286 g/mol. The molecule has 0 saturated heterocycles. The quantitative estimate of drug-likeness (QED) is 0.669. The minimum absolute atomic E-state index is 0.160. The molecule has 0 aliphatic rings. The van der Waals surface area contributed by atoms with Crippen molar-refractivity contribution in [3.8, 4) is 5.75 Å². The van der Waals surface area contributed by atoms with Crippen LogP contribution < -0.4 is 0 Å². The Morgan fingerprint density at radius 1 is 1.05 bits per heavy atom. The standard InChI is InChI=1S/C15H11FN2O3/c16-14-7-13(19)6-5-12(14)9-18-17-8-10-1-3-11(4-2-10)15(20)21/h1-9,19H,(H,20,21)/b17-8+,18-9+. The second-order valence-electron chi connectivity index (χ2n) is 4.12. The lowest BCUT2D eigenvalue weighted by Crippen LogP contribution is -1.95. The summed E-state index contributed by atoms with van der Waals surface area (Å²) in [6.45, 7) is 0. The molecule has 0 spiro atoms. The first-order valence-corrected chi connectivity index (χ1v) is 5.94. The number of hydrogen-bond donors (Lipinski definition) is 2. The molecule has 6 heteroatoms. The number of phenolic OH excluding ortho intramolecular Hbond substituents is 1. The lowest BCUT2D eigenvalue weighted by atomic mass is 10.1. The van der Waals surface area contributed by atoms with E-state index in [1.165, 1.54) is 36.7 Å². The third kappa shape index (κ3) is 3.97. The summed E-state index contributed by atoms with van der Waals surface area (Å²) in [4.78, 5) is 10.7. The summed E-state index contributed by atoms with van der Waals surface area (Å²) in [6.07, 6.45) is 2.64. The molecule has 5 nitrogen and oxygen atoms in total. The number of halogens is 1. The van der Waals surface area contributed by atoms with Crippen LogP contribution >= 0.6 is 0 Å². The van der Waals surface area contributed by atoms with Gasteiger partial charge in [-0.15, -0.1) is 0 Å². The highest BCUT2D eigenvalue weighted by Gasteiger charge is 2.01. The fraction of sp³-hybridized carbons (Fsp3) is 0. The van der Waals surface area contributed by atoms with Gasteiger partial charge in [-0.25, -0.2) is 9.18 Å². The Morgan fingerprint density at radius 3 is 2.33 bits per heavy atom. The molecular weight excluding hydrogens is 275 g/mol. The van der Waals surface area contributed by atoms with Gasteiger partial charge in [0, 0.05) is 11.6 Å². The van der Waals surface area contributed by atoms with Crippen LogP contribution in [0.1, 0.15) is 21.5 Å². The summed E-state index contributed by atoms with van der Waals surface area (Å²) < 4.78 is 13.4. The van der Waals surface area contributed by atoms with Crippen molar-refractivity contribution in [3.05, 3.63) is 65.0 Å². The van der Waals surface area contributed by atoms with E-state index in [1.807, 2.05) is 0 Å². The van der Waals surface area contributed by atoms with Crippen LogP contribution in [0.4, 0.5) is 4.39 Å². The summed E-state index contributed by atoms with van der Waals surface area (Å²) in [5, 5.41) is 25.2. The Labute approximate surface area is 119 Å². The van der Waals surface area contributed by atoms with Crippen LogP contribution in [0.25, 0.3) is 0 Å². The largest absolute Gasteiger partial charge is 0.508 e. The van der Waals surface area contributed by atoms with Crippen molar-refractivity contribution in [2.24, 2.45) is 10.2 Å². The number of hydrogen-bond acceptors (Lipinski definition) is 4. The maximum absolute atomic E-state index is 13.4. The number of rotatable bonds is 4. The molecule has 21 heavy (non-hydrogen) atoms. The highest BCUT2D eigenvalue weighted by Crippen LogP contribution is 2.13. The number of aromatic hydroxyl groups is 1. The molecule has 0 bridgehead atoms. The summed E-state index contributed by atoms with van der Waals surface area (Å²) >= 11 is 0. The van der Waals surface area contributed by atoms with Crippen LogP contribution in [0.5, 0.6) is 5.75 Å². The van der Waals surface area contributed by atoms with Gasteiger partial charge in [-0.3, -0.25) is 0 Å². The highest BCUT2D eigenvalue weighted by atomic mass is 19.1. The Hall–Kier alpha value is -3.02. The molecule has 0 atom stereocenters. The first-order valence-electron chi connectivity index (χ1n) is 5.94. The van der Waals surface area contributed by atoms with Crippen LogP contribution in [0.15, 0.2) is 52.7 Å². The van der Waals surface area contributed by atoms with Gasteiger partial charge in [-0.1, -0.05) is 12.1 Å². The van der Waals surface area contributed by atoms with Crippen LogP contribution in [-0.4, -0.2) is 28.6 Å². The summed E-state index contributed by atoms with van der Waals surface area (Å²) in [7, 11) is 0. The van der Waals surface area contributed by atoms with E-state index in [0.29, 0.717) is 5.56 Å². The maximum Gasteiger partial charge on any atom is 0.335 e. The Morgan fingerprint density at radius 2 is 1.71 bits per heavy atom. The van der Waals surface area contributed by atoms with Gasteiger partial charge in [0.2, 0.25) is 0 Å². The van der Waals surface area contributed by atoms with Crippen LogP contribution in [0.3, 0.4) is 0 Å².